The molecule has 0 unspecified atom stereocenters. The molecule has 0 aliphatic heterocycles. The predicted octanol–water partition coefficient (Wildman–Crippen LogP) is 4.60. The molecule has 0 saturated heterocycles. The highest BCUT2D eigenvalue weighted by Gasteiger charge is 2.20. The van der Waals surface area contributed by atoms with Gasteiger partial charge in [-0.25, -0.2) is 0 Å². The first-order valence-electron chi connectivity index (χ1n) is 8.88. The van der Waals surface area contributed by atoms with Gasteiger partial charge < -0.3 is 10.2 Å². The highest BCUT2D eigenvalue weighted by molar-refractivity contribution is 8.00. The Bertz CT molecular complexity index is 755. The fraction of sp³-hybridized carbons (Fsp3) is 0.333. The number of aryl methyl sites for hydroxylation is 1. The molecule has 0 aliphatic rings. The van der Waals surface area contributed by atoms with Gasteiger partial charge in [0.15, 0.2) is 0 Å². The molecular formula is C21H26N2O2S. The first-order valence-corrected chi connectivity index (χ1v) is 9.76. The first kappa shape index (κ1) is 20.0. The topological polar surface area (TPSA) is 49.4 Å². The van der Waals surface area contributed by atoms with Crippen molar-refractivity contribution in [2.24, 2.45) is 0 Å². The zero-order chi connectivity index (χ0) is 19.1. The van der Waals surface area contributed by atoms with E-state index in [4.69, 9.17) is 0 Å². The van der Waals surface area contributed by atoms with Gasteiger partial charge in [0.25, 0.3) is 5.91 Å². The maximum atomic E-state index is 12.7. The lowest BCUT2D eigenvalue weighted by molar-refractivity contribution is -0.115. The molecule has 1 atom stereocenters. The lowest BCUT2D eigenvalue weighted by atomic mass is 10.1. The van der Waals surface area contributed by atoms with Crippen LogP contribution in [0.5, 0.6) is 0 Å². The smallest absolute Gasteiger partial charge is 0.255 e. The Morgan fingerprint density at radius 3 is 2.27 bits per heavy atom. The van der Waals surface area contributed by atoms with Gasteiger partial charge in [0.1, 0.15) is 0 Å². The number of para-hydroxylation sites is 1. The molecule has 2 amide bonds. The van der Waals surface area contributed by atoms with Crippen LogP contribution in [0.4, 0.5) is 5.69 Å². The molecule has 0 aliphatic carbocycles. The molecule has 0 spiro atoms. The molecule has 0 saturated carbocycles. The minimum absolute atomic E-state index is 0.0651. The molecule has 4 nitrogen and oxygen atoms in total. The Balaban J connectivity index is 2.11. The summed E-state index contributed by atoms with van der Waals surface area (Å²) in [6.45, 7) is 9.07. The van der Waals surface area contributed by atoms with E-state index < -0.39 is 0 Å². The molecule has 2 aromatic rings. The number of thioether (sulfide) groups is 1. The van der Waals surface area contributed by atoms with E-state index >= 15 is 0 Å². The van der Waals surface area contributed by atoms with Gasteiger partial charge in [-0.2, -0.15) is 0 Å². The minimum Gasteiger partial charge on any atom is -0.339 e. The summed E-state index contributed by atoms with van der Waals surface area (Å²) in [6, 6.07) is 15.3. The summed E-state index contributed by atoms with van der Waals surface area (Å²) in [5.74, 6) is -0.180. The van der Waals surface area contributed by atoms with Crippen LogP contribution in [0.3, 0.4) is 0 Å². The van der Waals surface area contributed by atoms with E-state index in [0.717, 1.165) is 4.90 Å². The van der Waals surface area contributed by atoms with Crippen LogP contribution < -0.4 is 5.32 Å². The Morgan fingerprint density at radius 1 is 1.04 bits per heavy atom. The number of hydrogen-bond acceptors (Lipinski definition) is 3. The van der Waals surface area contributed by atoms with Crippen LogP contribution in [0.25, 0.3) is 0 Å². The summed E-state index contributed by atoms with van der Waals surface area (Å²) >= 11 is 1.50. The largest absolute Gasteiger partial charge is 0.339 e. The number of anilines is 1. The van der Waals surface area contributed by atoms with E-state index in [0.29, 0.717) is 24.3 Å². The van der Waals surface area contributed by atoms with Gasteiger partial charge in [0.05, 0.1) is 16.5 Å². The third kappa shape index (κ3) is 5.11. The Hall–Kier alpha value is -2.27. The van der Waals surface area contributed by atoms with Crippen molar-refractivity contribution in [3.8, 4) is 0 Å². The van der Waals surface area contributed by atoms with E-state index in [9.17, 15) is 9.59 Å². The van der Waals surface area contributed by atoms with Crippen LogP contribution in [-0.4, -0.2) is 35.1 Å². The molecule has 1 N–H and O–H groups in total. The SMILES string of the molecule is CCN(CC)C(=O)c1ccccc1NC(=O)[C@H](C)Sc1ccc(C)cc1. The average molecular weight is 371 g/mol. The van der Waals surface area contributed by atoms with Crippen molar-refractivity contribution in [2.75, 3.05) is 18.4 Å². The molecule has 0 radical (unpaired) electrons. The summed E-state index contributed by atoms with van der Waals surface area (Å²) < 4.78 is 0. The molecule has 2 aromatic carbocycles. The average Bonchev–Trinajstić information content (AvgIpc) is 2.64. The molecule has 26 heavy (non-hydrogen) atoms. The maximum absolute atomic E-state index is 12.7. The van der Waals surface area contributed by atoms with Crippen molar-refractivity contribution >= 4 is 29.3 Å². The number of benzene rings is 2. The van der Waals surface area contributed by atoms with Crippen LogP contribution in [-0.2, 0) is 4.79 Å². The van der Waals surface area contributed by atoms with Gasteiger partial charge in [0.2, 0.25) is 5.91 Å². The predicted molar refractivity (Wildman–Crippen MR) is 109 cm³/mol. The van der Waals surface area contributed by atoms with E-state index in [-0.39, 0.29) is 17.1 Å². The summed E-state index contributed by atoms with van der Waals surface area (Å²) in [7, 11) is 0. The number of nitrogens with one attached hydrogen (secondary N) is 1. The third-order valence-corrected chi connectivity index (χ3v) is 5.28. The van der Waals surface area contributed by atoms with Crippen molar-refractivity contribution in [1.29, 1.82) is 0 Å². The monoisotopic (exact) mass is 370 g/mol. The Labute approximate surface area is 160 Å². The van der Waals surface area contributed by atoms with Gasteiger partial charge >= 0.3 is 0 Å². The molecular weight excluding hydrogens is 344 g/mol. The fourth-order valence-electron chi connectivity index (χ4n) is 2.57. The van der Waals surface area contributed by atoms with Gasteiger partial charge in [-0.15, -0.1) is 11.8 Å². The van der Waals surface area contributed by atoms with Crippen molar-refractivity contribution in [1.82, 2.24) is 4.90 Å². The van der Waals surface area contributed by atoms with Crippen molar-refractivity contribution < 1.29 is 9.59 Å². The van der Waals surface area contributed by atoms with Crippen LogP contribution in [0.1, 0.15) is 36.7 Å². The van der Waals surface area contributed by atoms with Crippen LogP contribution in [0, 0.1) is 6.92 Å². The highest BCUT2D eigenvalue weighted by atomic mass is 32.2. The molecule has 0 fully saturated rings. The quantitative estimate of drug-likeness (QED) is 0.725. The van der Waals surface area contributed by atoms with Crippen molar-refractivity contribution in [3.63, 3.8) is 0 Å². The lowest BCUT2D eigenvalue weighted by Gasteiger charge is -2.21. The van der Waals surface area contributed by atoms with Gasteiger partial charge in [-0.1, -0.05) is 29.8 Å². The molecule has 5 heteroatoms. The second-order valence-electron chi connectivity index (χ2n) is 6.09. The molecule has 0 heterocycles. The number of hydrogen-bond donors (Lipinski definition) is 1. The van der Waals surface area contributed by atoms with Crippen molar-refractivity contribution in [3.05, 3.63) is 59.7 Å². The molecule has 0 bridgehead atoms. The summed E-state index contributed by atoms with van der Waals surface area (Å²) in [4.78, 5) is 28.1. The number of carbonyl (C=O) groups is 2. The molecule has 2 rings (SSSR count). The Kier molecular flexibility index (Phi) is 7.27. The second kappa shape index (κ2) is 9.43. The van der Waals surface area contributed by atoms with Gasteiger partial charge in [0, 0.05) is 18.0 Å². The maximum Gasteiger partial charge on any atom is 0.255 e. The second-order valence-corrected chi connectivity index (χ2v) is 7.50. The zero-order valence-electron chi connectivity index (χ0n) is 15.8. The van der Waals surface area contributed by atoms with Gasteiger partial charge in [-0.05, 0) is 52.0 Å². The first-order chi connectivity index (χ1) is 12.5. The number of carbonyl (C=O) groups excluding carboxylic acids is 2. The minimum atomic E-state index is -0.269. The molecule has 0 aromatic heterocycles. The summed E-state index contributed by atoms with van der Waals surface area (Å²) in [5.41, 5.74) is 2.28. The van der Waals surface area contributed by atoms with Crippen LogP contribution >= 0.6 is 11.8 Å². The Morgan fingerprint density at radius 2 is 1.65 bits per heavy atom. The van der Waals surface area contributed by atoms with Crippen LogP contribution in [0.15, 0.2) is 53.4 Å². The number of rotatable bonds is 7. The highest BCUT2D eigenvalue weighted by Crippen LogP contribution is 2.25. The fourth-order valence-corrected chi connectivity index (χ4v) is 3.44. The van der Waals surface area contributed by atoms with Gasteiger partial charge in [-0.3, -0.25) is 9.59 Å². The summed E-state index contributed by atoms with van der Waals surface area (Å²) in [6.07, 6.45) is 0. The zero-order valence-corrected chi connectivity index (χ0v) is 16.6. The van der Waals surface area contributed by atoms with E-state index in [1.54, 1.807) is 17.0 Å². The van der Waals surface area contributed by atoms with E-state index in [2.05, 4.69) is 5.32 Å². The number of amides is 2. The summed E-state index contributed by atoms with van der Waals surface area (Å²) in [5, 5.41) is 2.65. The van der Waals surface area contributed by atoms with E-state index in [1.807, 2.05) is 64.1 Å². The third-order valence-electron chi connectivity index (χ3n) is 4.17. The normalized spacial score (nSPS) is 11.7. The van der Waals surface area contributed by atoms with E-state index in [1.165, 1.54) is 17.3 Å². The molecule has 138 valence electrons. The lowest BCUT2D eigenvalue weighted by Crippen LogP contribution is -2.32. The standard InChI is InChI=1S/C21H26N2O2S/c1-5-23(6-2)21(25)18-9-7-8-10-19(18)22-20(24)16(4)26-17-13-11-15(3)12-14-17/h7-14,16H,5-6H2,1-4H3,(H,22,24)/t16-/m0/s1. The van der Waals surface area contributed by atoms with Crippen molar-refractivity contribution in [2.45, 2.75) is 37.8 Å². The number of nitrogens with zero attached hydrogens (tertiary/aromatic N) is 1. The van der Waals surface area contributed by atoms with Crippen LogP contribution in [0.2, 0.25) is 0 Å².